The Morgan fingerprint density at radius 1 is 1.36 bits per heavy atom. The molecule has 6 nitrogen and oxygen atoms in total. The van der Waals surface area contributed by atoms with Gasteiger partial charge in [0, 0.05) is 18.3 Å². The minimum absolute atomic E-state index is 0.00672. The van der Waals surface area contributed by atoms with E-state index in [2.05, 4.69) is 10.3 Å². The highest BCUT2D eigenvalue weighted by Crippen LogP contribution is 2.38. The summed E-state index contributed by atoms with van der Waals surface area (Å²) in [7, 11) is 1.51. The van der Waals surface area contributed by atoms with Gasteiger partial charge in [-0.3, -0.25) is 4.79 Å². The topological polar surface area (TPSA) is 91.7 Å². The van der Waals surface area contributed by atoms with Crippen LogP contribution in [0.4, 0.5) is 4.39 Å². The van der Waals surface area contributed by atoms with Crippen molar-refractivity contribution < 1.29 is 24.1 Å². The van der Waals surface area contributed by atoms with Crippen molar-refractivity contribution in [1.29, 1.82) is 0 Å². The number of aromatic hydroxyl groups is 1. The SMILES string of the molecule is COc1ccc([C@H](NC(=O)c2ccc(F)cc2O)C2CC(O)C2)cn1. The number of benzene rings is 1. The van der Waals surface area contributed by atoms with Gasteiger partial charge in [-0.25, -0.2) is 9.37 Å². The summed E-state index contributed by atoms with van der Waals surface area (Å²) in [6, 6.07) is 6.36. The molecule has 1 heterocycles. The standard InChI is InChI=1S/C18H19FN2O4/c1-25-16-5-2-10(9-20-16)17(11-6-13(22)7-11)21-18(24)14-4-3-12(19)8-15(14)23/h2-5,8-9,11,13,17,22-23H,6-7H2,1H3,(H,21,24)/t11?,13?,17-/m0/s1. The van der Waals surface area contributed by atoms with E-state index in [0.717, 1.165) is 17.7 Å². The molecule has 1 atom stereocenters. The number of halogens is 1. The molecule has 0 bridgehead atoms. The third-order valence-electron chi connectivity index (χ3n) is 4.44. The molecule has 0 radical (unpaired) electrons. The molecule has 1 aromatic heterocycles. The van der Waals surface area contributed by atoms with E-state index in [4.69, 9.17) is 4.74 Å². The van der Waals surface area contributed by atoms with Crippen molar-refractivity contribution in [2.75, 3.05) is 7.11 Å². The van der Waals surface area contributed by atoms with Gasteiger partial charge < -0.3 is 20.3 Å². The summed E-state index contributed by atoms with van der Waals surface area (Å²) in [6.07, 6.45) is 2.35. The summed E-state index contributed by atoms with van der Waals surface area (Å²) in [6.45, 7) is 0. The van der Waals surface area contributed by atoms with Crippen LogP contribution in [0.15, 0.2) is 36.5 Å². The smallest absolute Gasteiger partial charge is 0.255 e. The fraction of sp³-hybridized carbons (Fsp3) is 0.333. The lowest BCUT2D eigenvalue weighted by Gasteiger charge is -2.38. The molecule has 1 amide bonds. The number of methoxy groups -OCH3 is 1. The molecule has 1 fully saturated rings. The molecule has 1 aliphatic carbocycles. The van der Waals surface area contributed by atoms with Crippen LogP contribution in [0, 0.1) is 11.7 Å². The Bertz CT molecular complexity index is 760. The van der Waals surface area contributed by atoms with Crippen LogP contribution >= 0.6 is 0 Å². The monoisotopic (exact) mass is 346 g/mol. The largest absolute Gasteiger partial charge is 0.507 e. The summed E-state index contributed by atoms with van der Waals surface area (Å²) in [5.41, 5.74) is 0.764. The summed E-state index contributed by atoms with van der Waals surface area (Å²) in [5, 5.41) is 22.2. The van der Waals surface area contributed by atoms with Gasteiger partial charge in [-0.1, -0.05) is 6.07 Å². The summed E-state index contributed by atoms with van der Waals surface area (Å²) in [5.74, 6) is -1.04. The number of phenolic OH excluding ortho intramolecular Hbond substituents is 1. The number of amides is 1. The molecule has 2 aromatic rings. The minimum Gasteiger partial charge on any atom is -0.507 e. The number of hydrogen-bond donors (Lipinski definition) is 3. The maximum absolute atomic E-state index is 13.1. The van der Waals surface area contributed by atoms with Crippen LogP contribution in [0.5, 0.6) is 11.6 Å². The van der Waals surface area contributed by atoms with Crippen LogP contribution in [0.3, 0.4) is 0 Å². The van der Waals surface area contributed by atoms with Crippen molar-refractivity contribution in [3.8, 4) is 11.6 Å². The fourth-order valence-corrected chi connectivity index (χ4v) is 2.99. The Morgan fingerprint density at radius 3 is 2.68 bits per heavy atom. The Kier molecular flexibility index (Phi) is 4.85. The second-order valence-electron chi connectivity index (χ2n) is 6.13. The average Bonchev–Trinajstić information content (AvgIpc) is 2.57. The first-order chi connectivity index (χ1) is 12.0. The van der Waals surface area contributed by atoms with Crippen LogP contribution in [-0.4, -0.2) is 34.3 Å². The fourth-order valence-electron chi connectivity index (χ4n) is 2.99. The molecule has 0 spiro atoms. The molecule has 1 saturated carbocycles. The highest BCUT2D eigenvalue weighted by atomic mass is 19.1. The quantitative estimate of drug-likeness (QED) is 0.772. The van der Waals surface area contributed by atoms with E-state index in [-0.39, 0.29) is 23.6 Å². The van der Waals surface area contributed by atoms with Crippen molar-refractivity contribution in [3.05, 3.63) is 53.5 Å². The molecular formula is C18H19FN2O4. The highest BCUT2D eigenvalue weighted by Gasteiger charge is 2.36. The molecule has 25 heavy (non-hydrogen) atoms. The maximum atomic E-state index is 13.1. The van der Waals surface area contributed by atoms with Crippen LogP contribution in [0.1, 0.15) is 34.8 Å². The Hall–Kier alpha value is -2.67. The summed E-state index contributed by atoms with van der Waals surface area (Å²) >= 11 is 0. The number of nitrogens with one attached hydrogen (secondary N) is 1. The van der Waals surface area contributed by atoms with Gasteiger partial charge in [0.1, 0.15) is 11.6 Å². The van der Waals surface area contributed by atoms with Crippen molar-refractivity contribution in [3.63, 3.8) is 0 Å². The maximum Gasteiger partial charge on any atom is 0.255 e. The number of rotatable bonds is 5. The molecule has 3 rings (SSSR count). The lowest BCUT2D eigenvalue weighted by molar-refractivity contribution is 0.0234. The van der Waals surface area contributed by atoms with E-state index in [9.17, 15) is 19.4 Å². The molecule has 1 aliphatic rings. The number of aliphatic hydroxyl groups excluding tert-OH is 1. The van der Waals surface area contributed by atoms with Gasteiger partial charge in [-0.2, -0.15) is 0 Å². The molecule has 132 valence electrons. The van der Waals surface area contributed by atoms with Crippen molar-refractivity contribution in [1.82, 2.24) is 10.3 Å². The lowest BCUT2D eigenvalue weighted by Crippen LogP contribution is -2.41. The second-order valence-corrected chi connectivity index (χ2v) is 6.13. The Balaban J connectivity index is 1.83. The highest BCUT2D eigenvalue weighted by molar-refractivity contribution is 5.97. The predicted octanol–water partition coefficient (Wildman–Crippen LogP) is 2.18. The van der Waals surface area contributed by atoms with Crippen LogP contribution in [0.2, 0.25) is 0 Å². The normalized spacial score (nSPS) is 20.4. The average molecular weight is 346 g/mol. The van der Waals surface area contributed by atoms with Gasteiger partial charge in [0.25, 0.3) is 5.91 Å². The zero-order valence-electron chi connectivity index (χ0n) is 13.6. The van der Waals surface area contributed by atoms with Crippen molar-refractivity contribution >= 4 is 5.91 Å². The molecule has 7 heteroatoms. The minimum atomic E-state index is -0.618. The third-order valence-corrected chi connectivity index (χ3v) is 4.44. The number of hydrogen-bond acceptors (Lipinski definition) is 5. The van der Waals surface area contributed by atoms with Crippen LogP contribution in [0.25, 0.3) is 0 Å². The Labute approximate surface area is 144 Å². The van der Waals surface area contributed by atoms with E-state index in [1.165, 1.54) is 13.2 Å². The number of carbonyl (C=O) groups is 1. The third kappa shape index (κ3) is 3.71. The van der Waals surface area contributed by atoms with Crippen molar-refractivity contribution in [2.24, 2.45) is 5.92 Å². The van der Waals surface area contributed by atoms with Crippen LogP contribution < -0.4 is 10.1 Å². The molecule has 0 unspecified atom stereocenters. The number of nitrogens with zero attached hydrogens (tertiary/aromatic N) is 1. The molecule has 0 aliphatic heterocycles. The first kappa shape index (κ1) is 17.2. The van der Waals surface area contributed by atoms with Gasteiger partial charge in [0.15, 0.2) is 0 Å². The first-order valence-electron chi connectivity index (χ1n) is 7.95. The van der Waals surface area contributed by atoms with E-state index < -0.39 is 17.5 Å². The number of aromatic nitrogens is 1. The predicted molar refractivity (Wildman–Crippen MR) is 87.8 cm³/mol. The Morgan fingerprint density at radius 2 is 2.12 bits per heavy atom. The summed E-state index contributed by atoms with van der Waals surface area (Å²) in [4.78, 5) is 16.7. The van der Waals surface area contributed by atoms with Gasteiger partial charge in [-0.05, 0) is 36.5 Å². The molecular weight excluding hydrogens is 327 g/mol. The molecule has 0 saturated heterocycles. The first-order valence-corrected chi connectivity index (χ1v) is 7.95. The number of phenols is 1. The number of pyridine rings is 1. The van der Waals surface area contributed by atoms with E-state index >= 15 is 0 Å². The lowest BCUT2D eigenvalue weighted by atomic mass is 9.75. The van der Waals surface area contributed by atoms with Gasteiger partial charge in [0.05, 0.1) is 24.8 Å². The second kappa shape index (κ2) is 7.06. The molecule has 3 N–H and O–H groups in total. The number of aliphatic hydroxyl groups is 1. The summed E-state index contributed by atoms with van der Waals surface area (Å²) < 4.78 is 18.1. The zero-order chi connectivity index (χ0) is 18.0. The van der Waals surface area contributed by atoms with Gasteiger partial charge >= 0.3 is 0 Å². The van der Waals surface area contributed by atoms with Gasteiger partial charge in [0.2, 0.25) is 5.88 Å². The van der Waals surface area contributed by atoms with E-state index in [1.54, 1.807) is 18.3 Å². The van der Waals surface area contributed by atoms with E-state index in [1.807, 2.05) is 0 Å². The zero-order valence-corrected chi connectivity index (χ0v) is 13.6. The van der Waals surface area contributed by atoms with Crippen LogP contribution in [-0.2, 0) is 0 Å². The number of ether oxygens (including phenoxy) is 1. The number of carbonyl (C=O) groups excluding carboxylic acids is 1. The van der Waals surface area contributed by atoms with Gasteiger partial charge in [-0.15, -0.1) is 0 Å². The molecule has 1 aromatic carbocycles. The van der Waals surface area contributed by atoms with E-state index in [0.29, 0.717) is 18.7 Å². The van der Waals surface area contributed by atoms with Crippen molar-refractivity contribution in [2.45, 2.75) is 25.0 Å².